The van der Waals surface area contributed by atoms with Crippen LogP contribution in [0.1, 0.15) is 24.0 Å². The maximum Gasteiger partial charge on any atom is 0.264 e. The van der Waals surface area contributed by atoms with Gasteiger partial charge in [-0.05, 0) is 61.1 Å². The summed E-state index contributed by atoms with van der Waals surface area (Å²) in [5.41, 5.74) is 4.59. The summed E-state index contributed by atoms with van der Waals surface area (Å²) in [6.45, 7) is 0. The summed E-state index contributed by atoms with van der Waals surface area (Å²) in [5, 5.41) is 0.691. The van der Waals surface area contributed by atoms with E-state index in [1.165, 1.54) is 24.0 Å². The number of hydrogen-bond acceptors (Lipinski definition) is 2. The molecule has 3 nitrogen and oxygen atoms in total. The van der Waals surface area contributed by atoms with Crippen molar-refractivity contribution in [2.24, 2.45) is 0 Å². The summed E-state index contributed by atoms with van der Waals surface area (Å²) in [7, 11) is 0. The Morgan fingerprint density at radius 3 is 3.00 bits per heavy atom. The second kappa shape index (κ2) is 3.92. The van der Waals surface area contributed by atoms with Crippen molar-refractivity contribution in [2.75, 3.05) is 0 Å². The summed E-state index contributed by atoms with van der Waals surface area (Å²) >= 11 is 0. The monoisotopic (exact) mass is 250 g/mol. The molecule has 0 amide bonds. The van der Waals surface area contributed by atoms with Crippen LogP contribution in [0.4, 0.5) is 0 Å². The molecule has 0 aliphatic heterocycles. The van der Waals surface area contributed by atoms with Crippen LogP contribution in [0.2, 0.25) is 0 Å². The Morgan fingerprint density at radius 1 is 1.16 bits per heavy atom. The lowest BCUT2D eigenvalue weighted by Crippen LogP contribution is -2.17. The van der Waals surface area contributed by atoms with Crippen LogP contribution in [0, 0.1) is 0 Å². The number of aromatic nitrogens is 2. The fourth-order valence-electron chi connectivity index (χ4n) is 3.10. The van der Waals surface area contributed by atoms with Crippen LogP contribution in [0.3, 0.4) is 0 Å². The Bertz CT molecular complexity index is 848. The molecule has 4 rings (SSSR count). The van der Waals surface area contributed by atoms with Crippen molar-refractivity contribution in [1.29, 1.82) is 0 Å². The Labute approximate surface area is 110 Å². The van der Waals surface area contributed by atoms with Gasteiger partial charge in [0.2, 0.25) is 0 Å². The largest absolute Gasteiger partial charge is 0.283 e. The summed E-state index contributed by atoms with van der Waals surface area (Å²) in [6, 6.07) is 7.82. The molecule has 3 aromatic heterocycles. The summed E-state index contributed by atoms with van der Waals surface area (Å²) in [5.74, 6) is 0. The van der Waals surface area contributed by atoms with E-state index in [1.54, 1.807) is 10.6 Å². The first-order chi connectivity index (χ1) is 9.34. The predicted molar refractivity (Wildman–Crippen MR) is 75.6 cm³/mol. The average molecular weight is 250 g/mol. The molecule has 0 bridgehead atoms. The van der Waals surface area contributed by atoms with Crippen molar-refractivity contribution in [3.05, 3.63) is 58.1 Å². The summed E-state index contributed by atoms with van der Waals surface area (Å²) < 4.78 is 1.77. The van der Waals surface area contributed by atoms with E-state index in [2.05, 4.69) is 17.1 Å². The first-order valence-corrected chi connectivity index (χ1v) is 6.75. The molecule has 0 saturated heterocycles. The maximum absolute atomic E-state index is 12.5. The molecular weight excluding hydrogens is 236 g/mol. The van der Waals surface area contributed by atoms with Crippen LogP contribution in [0.15, 0.2) is 41.5 Å². The van der Waals surface area contributed by atoms with Gasteiger partial charge in [-0.15, -0.1) is 0 Å². The molecule has 0 saturated carbocycles. The van der Waals surface area contributed by atoms with Crippen LogP contribution in [-0.4, -0.2) is 9.38 Å². The molecule has 0 spiro atoms. The van der Waals surface area contributed by atoms with Crippen molar-refractivity contribution in [3.8, 4) is 0 Å². The predicted octanol–water partition coefficient (Wildman–Crippen LogP) is 2.73. The zero-order chi connectivity index (χ0) is 12.8. The molecule has 3 heterocycles. The van der Waals surface area contributed by atoms with E-state index in [-0.39, 0.29) is 5.56 Å². The molecule has 3 heteroatoms. The highest BCUT2D eigenvalue weighted by Gasteiger charge is 2.14. The lowest BCUT2D eigenvalue weighted by molar-refractivity contribution is 0.685. The van der Waals surface area contributed by atoms with Gasteiger partial charge in [0.05, 0.1) is 16.4 Å². The number of hydrogen-bond donors (Lipinski definition) is 0. The zero-order valence-electron chi connectivity index (χ0n) is 10.6. The van der Waals surface area contributed by atoms with E-state index >= 15 is 0 Å². The first kappa shape index (κ1) is 10.7. The van der Waals surface area contributed by atoms with Gasteiger partial charge in [-0.25, -0.2) is 0 Å². The van der Waals surface area contributed by atoms with E-state index in [0.29, 0.717) is 5.39 Å². The number of fused-ring (bicyclic) bond motifs is 4. The quantitative estimate of drug-likeness (QED) is 0.575. The van der Waals surface area contributed by atoms with Crippen molar-refractivity contribution in [2.45, 2.75) is 25.7 Å². The van der Waals surface area contributed by atoms with E-state index in [4.69, 9.17) is 0 Å². The summed E-state index contributed by atoms with van der Waals surface area (Å²) in [6.07, 6.45) is 8.31. The van der Waals surface area contributed by atoms with Gasteiger partial charge in [-0.2, -0.15) is 0 Å². The number of rotatable bonds is 0. The minimum Gasteiger partial charge on any atom is -0.283 e. The topological polar surface area (TPSA) is 34.4 Å². The molecule has 19 heavy (non-hydrogen) atoms. The second-order valence-corrected chi connectivity index (χ2v) is 5.17. The molecule has 0 fully saturated rings. The standard InChI is InChI=1S/C16H14N2O/c19-16-13-6-3-8-17-14(13)10-15-12-5-2-1-4-11(12)7-9-18(15)16/h3,6-10H,1-2,4-5H2. The number of nitrogens with zero attached hydrogens (tertiary/aromatic N) is 2. The lowest BCUT2D eigenvalue weighted by Gasteiger charge is -2.18. The maximum atomic E-state index is 12.5. The third kappa shape index (κ3) is 1.51. The number of pyridine rings is 3. The average Bonchev–Trinajstić information content (AvgIpc) is 2.47. The van der Waals surface area contributed by atoms with Crippen LogP contribution < -0.4 is 5.56 Å². The SMILES string of the molecule is O=c1c2cccnc2cc2c3c(ccn12)CCCC3. The van der Waals surface area contributed by atoms with Crippen molar-refractivity contribution < 1.29 is 0 Å². The van der Waals surface area contributed by atoms with E-state index < -0.39 is 0 Å². The lowest BCUT2D eigenvalue weighted by atomic mass is 9.91. The van der Waals surface area contributed by atoms with Gasteiger partial charge >= 0.3 is 0 Å². The number of aryl methyl sites for hydroxylation is 2. The fraction of sp³-hybridized carbons (Fsp3) is 0.250. The second-order valence-electron chi connectivity index (χ2n) is 5.17. The molecule has 1 aliphatic rings. The van der Waals surface area contributed by atoms with E-state index in [1.807, 2.05) is 18.3 Å². The van der Waals surface area contributed by atoms with Crippen molar-refractivity contribution in [1.82, 2.24) is 9.38 Å². The first-order valence-electron chi connectivity index (χ1n) is 6.75. The Hall–Kier alpha value is -2.16. The van der Waals surface area contributed by atoms with Crippen LogP contribution in [0.5, 0.6) is 0 Å². The van der Waals surface area contributed by atoms with Gasteiger partial charge in [0, 0.05) is 12.4 Å². The van der Waals surface area contributed by atoms with Crippen molar-refractivity contribution >= 4 is 16.4 Å². The molecule has 0 N–H and O–H groups in total. The highest BCUT2D eigenvalue weighted by atomic mass is 16.1. The molecule has 0 atom stereocenters. The molecular formula is C16H14N2O. The van der Waals surface area contributed by atoms with Gasteiger partial charge in [0.25, 0.3) is 5.56 Å². The minimum atomic E-state index is 0.0361. The van der Waals surface area contributed by atoms with Gasteiger partial charge in [0.15, 0.2) is 0 Å². The molecule has 3 aromatic rings. The normalized spacial score (nSPS) is 14.7. The molecule has 0 unspecified atom stereocenters. The van der Waals surface area contributed by atoms with Crippen LogP contribution >= 0.6 is 0 Å². The fourth-order valence-corrected chi connectivity index (χ4v) is 3.10. The Kier molecular flexibility index (Phi) is 2.21. The zero-order valence-corrected chi connectivity index (χ0v) is 10.6. The third-order valence-corrected chi connectivity index (χ3v) is 4.07. The minimum absolute atomic E-state index is 0.0361. The molecule has 94 valence electrons. The summed E-state index contributed by atoms with van der Waals surface area (Å²) in [4.78, 5) is 16.8. The van der Waals surface area contributed by atoms with Gasteiger partial charge < -0.3 is 0 Å². The molecule has 0 aromatic carbocycles. The smallest absolute Gasteiger partial charge is 0.264 e. The van der Waals surface area contributed by atoms with Gasteiger partial charge in [0.1, 0.15) is 0 Å². The van der Waals surface area contributed by atoms with Crippen molar-refractivity contribution in [3.63, 3.8) is 0 Å². The Morgan fingerprint density at radius 2 is 2.05 bits per heavy atom. The van der Waals surface area contributed by atoms with Gasteiger partial charge in [-0.1, -0.05) is 0 Å². The molecule has 1 aliphatic carbocycles. The highest BCUT2D eigenvalue weighted by molar-refractivity contribution is 5.82. The van der Waals surface area contributed by atoms with Crippen LogP contribution in [-0.2, 0) is 12.8 Å². The molecule has 0 radical (unpaired) electrons. The highest BCUT2D eigenvalue weighted by Crippen LogP contribution is 2.25. The third-order valence-electron chi connectivity index (χ3n) is 4.07. The van der Waals surface area contributed by atoms with Crippen LogP contribution in [0.25, 0.3) is 16.4 Å². The van der Waals surface area contributed by atoms with Gasteiger partial charge in [-0.3, -0.25) is 14.2 Å². The Balaban J connectivity index is 2.21. The van der Waals surface area contributed by atoms with E-state index in [9.17, 15) is 4.79 Å². The van der Waals surface area contributed by atoms with E-state index in [0.717, 1.165) is 23.9 Å².